The van der Waals surface area contributed by atoms with Crippen LogP contribution in [0.4, 0.5) is 0 Å². The molecular formula is C10H12N2O2S2. The van der Waals surface area contributed by atoms with Crippen molar-refractivity contribution in [3.05, 3.63) is 17.3 Å². The highest BCUT2D eigenvalue weighted by Gasteiger charge is 2.10. The molecule has 2 rings (SSSR count). The second-order valence-corrected chi connectivity index (χ2v) is 5.31. The van der Waals surface area contributed by atoms with Crippen LogP contribution in [0.5, 0.6) is 0 Å². The summed E-state index contributed by atoms with van der Waals surface area (Å²) in [6, 6.07) is 0. The number of aryl methyl sites for hydroxylation is 1. The first-order valence-corrected chi connectivity index (χ1v) is 6.69. The molecule has 2 N–H and O–H groups in total. The maximum Gasteiger partial charge on any atom is 0.117 e. The van der Waals surface area contributed by atoms with Crippen molar-refractivity contribution < 1.29 is 10.2 Å². The van der Waals surface area contributed by atoms with Gasteiger partial charge in [0.15, 0.2) is 0 Å². The molecule has 6 heteroatoms. The minimum atomic E-state index is -0.698. The van der Waals surface area contributed by atoms with Crippen molar-refractivity contribution in [1.29, 1.82) is 0 Å². The fraction of sp³-hybridized carbons (Fsp3) is 0.400. The van der Waals surface area contributed by atoms with Crippen molar-refractivity contribution >= 4 is 33.3 Å². The van der Waals surface area contributed by atoms with Gasteiger partial charge in [0.1, 0.15) is 11.4 Å². The predicted molar refractivity (Wildman–Crippen MR) is 66.0 cm³/mol. The third kappa shape index (κ3) is 2.35. The van der Waals surface area contributed by atoms with Gasteiger partial charge >= 0.3 is 0 Å². The molecule has 0 radical (unpaired) electrons. The molecule has 86 valence electrons. The number of thiophene rings is 1. The van der Waals surface area contributed by atoms with Crippen molar-refractivity contribution in [2.45, 2.75) is 18.1 Å². The second-order valence-electron chi connectivity index (χ2n) is 3.42. The zero-order valence-corrected chi connectivity index (χ0v) is 10.4. The maximum absolute atomic E-state index is 9.29. The molecule has 0 saturated carbocycles. The van der Waals surface area contributed by atoms with E-state index in [-0.39, 0.29) is 6.61 Å². The van der Waals surface area contributed by atoms with Crippen LogP contribution in [-0.4, -0.2) is 38.6 Å². The van der Waals surface area contributed by atoms with E-state index in [9.17, 15) is 5.11 Å². The highest BCUT2D eigenvalue weighted by atomic mass is 32.2. The van der Waals surface area contributed by atoms with Crippen molar-refractivity contribution in [3.63, 3.8) is 0 Å². The largest absolute Gasteiger partial charge is 0.394 e. The van der Waals surface area contributed by atoms with E-state index in [1.807, 2.05) is 12.3 Å². The van der Waals surface area contributed by atoms with Gasteiger partial charge in [0.25, 0.3) is 0 Å². The molecule has 16 heavy (non-hydrogen) atoms. The van der Waals surface area contributed by atoms with E-state index < -0.39 is 6.10 Å². The minimum absolute atomic E-state index is 0.218. The standard InChI is InChI=1S/C10H12N2O2S2/c1-6-3-15-9-8(6)11-5-12-10(9)16-4-7(14)2-13/h3,5,7,13-14H,2,4H2,1H3. The summed E-state index contributed by atoms with van der Waals surface area (Å²) < 4.78 is 1.05. The van der Waals surface area contributed by atoms with Gasteiger partial charge in [-0.2, -0.15) is 0 Å². The Morgan fingerprint density at radius 1 is 1.50 bits per heavy atom. The number of thioether (sulfide) groups is 1. The van der Waals surface area contributed by atoms with E-state index in [2.05, 4.69) is 9.97 Å². The molecule has 0 fully saturated rings. The van der Waals surface area contributed by atoms with Crippen LogP contribution in [0.15, 0.2) is 16.7 Å². The van der Waals surface area contributed by atoms with Crippen LogP contribution in [0.25, 0.3) is 10.2 Å². The van der Waals surface area contributed by atoms with Gasteiger partial charge in [-0.25, -0.2) is 9.97 Å². The van der Waals surface area contributed by atoms with Crippen LogP contribution in [0.3, 0.4) is 0 Å². The van der Waals surface area contributed by atoms with E-state index >= 15 is 0 Å². The minimum Gasteiger partial charge on any atom is -0.394 e. The smallest absolute Gasteiger partial charge is 0.117 e. The van der Waals surface area contributed by atoms with Crippen molar-refractivity contribution in [2.24, 2.45) is 0 Å². The average Bonchev–Trinajstić information content (AvgIpc) is 2.69. The first-order chi connectivity index (χ1) is 7.72. The second kappa shape index (κ2) is 5.09. The molecule has 0 aliphatic rings. The first-order valence-electron chi connectivity index (χ1n) is 4.83. The van der Waals surface area contributed by atoms with Crippen molar-refractivity contribution in [1.82, 2.24) is 9.97 Å². The lowest BCUT2D eigenvalue weighted by Gasteiger charge is -2.06. The van der Waals surface area contributed by atoms with Gasteiger partial charge in [-0.05, 0) is 17.9 Å². The molecule has 0 saturated heterocycles. The van der Waals surface area contributed by atoms with E-state index in [1.165, 1.54) is 18.1 Å². The molecule has 2 aromatic rings. The Kier molecular flexibility index (Phi) is 3.75. The fourth-order valence-corrected chi connectivity index (χ4v) is 3.29. The molecule has 0 spiro atoms. The Hall–Kier alpha value is -0.690. The lowest BCUT2D eigenvalue weighted by molar-refractivity contribution is 0.113. The van der Waals surface area contributed by atoms with Crippen molar-refractivity contribution in [2.75, 3.05) is 12.4 Å². The van der Waals surface area contributed by atoms with E-state index in [4.69, 9.17) is 5.11 Å². The monoisotopic (exact) mass is 256 g/mol. The molecule has 0 amide bonds. The molecule has 0 bridgehead atoms. The predicted octanol–water partition coefficient (Wildman–Crippen LogP) is 1.45. The van der Waals surface area contributed by atoms with Crippen LogP contribution in [0.1, 0.15) is 5.56 Å². The molecular weight excluding hydrogens is 244 g/mol. The summed E-state index contributed by atoms with van der Waals surface area (Å²) >= 11 is 3.06. The highest BCUT2D eigenvalue weighted by molar-refractivity contribution is 7.99. The van der Waals surface area contributed by atoms with Crippen LogP contribution >= 0.6 is 23.1 Å². The van der Waals surface area contributed by atoms with Crippen LogP contribution in [0.2, 0.25) is 0 Å². The van der Waals surface area contributed by atoms with Gasteiger partial charge in [0.2, 0.25) is 0 Å². The topological polar surface area (TPSA) is 66.2 Å². The Balaban J connectivity index is 2.24. The molecule has 2 aromatic heterocycles. The Morgan fingerprint density at radius 2 is 2.31 bits per heavy atom. The number of aliphatic hydroxyl groups excluding tert-OH is 2. The summed E-state index contributed by atoms with van der Waals surface area (Å²) in [5, 5.41) is 20.9. The van der Waals surface area contributed by atoms with E-state index in [1.54, 1.807) is 11.3 Å². The number of aromatic nitrogens is 2. The quantitative estimate of drug-likeness (QED) is 0.640. The normalized spacial score (nSPS) is 13.2. The first kappa shape index (κ1) is 11.8. The molecule has 0 aliphatic heterocycles. The fourth-order valence-electron chi connectivity index (χ4n) is 1.28. The van der Waals surface area contributed by atoms with Crippen molar-refractivity contribution in [3.8, 4) is 0 Å². The molecule has 1 atom stereocenters. The Bertz CT molecular complexity index is 487. The summed E-state index contributed by atoms with van der Waals surface area (Å²) in [6.45, 7) is 1.80. The third-order valence-corrected chi connectivity index (χ3v) is 4.48. The average molecular weight is 256 g/mol. The Labute approximate surface area is 101 Å². The third-order valence-electron chi connectivity index (χ3n) is 2.12. The van der Waals surface area contributed by atoms with Crippen LogP contribution < -0.4 is 0 Å². The van der Waals surface area contributed by atoms with Gasteiger partial charge < -0.3 is 10.2 Å². The molecule has 1 unspecified atom stereocenters. The summed E-state index contributed by atoms with van der Waals surface area (Å²) in [4.78, 5) is 8.42. The molecule has 0 aliphatic carbocycles. The lowest BCUT2D eigenvalue weighted by atomic mass is 10.3. The number of aliphatic hydroxyl groups is 2. The van der Waals surface area contributed by atoms with Gasteiger partial charge in [0.05, 0.1) is 22.9 Å². The van der Waals surface area contributed by atoms with Gasteiger partial charge in [-0.15, -0.1) is 23.1 Å². The van der Waals surface area contributed by atoms with Gasteiger partial charge in [-0.1, -0.05) is 0 Å². The summed E-state index contributed by atoms with van der Waals surface area (Å²) in [5.74, 6) is 0.444. The number of hydrogen-bond donors (Lipinski definition) is 2. The van der Waals surface area contributed by atoms with E-state index in [0.29, 0.717) is 5.75 Å². The number of fused-ring (bicyclic) bond motifs is 1. The molecule has 4 nitrogen and oxygen atoms in total. The van der Waals surface area contributed by atoms with E-state index in [0.717, 1.165) is 20.8 Å². The summed E-state index contributed by atoms with van der Waals surface area (Å²) in [7, 11) is 0. The lowest BCUT2D eigenvalue weighted by Crippen LogP contribution is -2.14. The molecule has 2 heterocycles. The number of nitrogens with zero attached hydrogens (tertiary/aromatic N) is 2. The van der Waals surface area contributed by atoms with Gasteiger partial charge in [-0.3, -0.25) is 0 Å². The highest BCUT2D eigenvalue weighted by Crippen LogP contribution is 2.31. The van der Waals surface area contributed by atoms with Gasteiger partial charge in [0, 0.05) is 5.75 Å². The summed E-state index contributed by atoms with van der Waals surface area (Å²) in [5.41, 5.74) is 2.12. The summed E-state index contributed by atoms with van der Waals surface area (Å²) in [6.07, 6.45) is 0.839. The zero-order valence-electron chi connectivity index (χ0n) is 8.75. The zero-order chi connectivity index (χ0) is 11.5. The van der Waals surface area contributed by atoms with Crippen LogP contribution in [0, 0.1) is 6.92 Å². The number of hydrogen-bond acceptors (Lipinski definition) is 6. The molecule has 0 aromatic carbocycles. The number of rotatable bonds is 4. The Morgan fingerprint density at radius 3 is 3.06 bits per heavy atom. The van der Waals surface area contributed by atoms with Crippen LogP contribution in [-0.2, 0) is 0 Å². The SMILES string of the molecule is Cc1csc2c(SCC(O)CO)ncnc12. The maximum atomic E-state index is 9.29.